The molecule has 2 rings (SSSR count). The van der Waals surface area contributed by atoms with E-state index in [-0.39, 0.29) is 5.69 Å². The molecule has 0 saturated heterocycles. The normalized spacial score (nSPS) is 10.7. The minimum atomic E-state index is -0.392. The Kier molecular flexibility index (Phi) is 2.03. The summed E-state index contributed by atoms with van der Waals surface area (Å²) in [7, 11) is 1.86. The van der Waals surface area contributed by atoms with Crippen LogP contribution in [0.15, 0.2) is 28.9 Å². The zero-order valence-electron chi connectivity index (χ0n) is 7.40. The van der Waals surface area contributed by atoms with Gasteiger partial charge in [0.2, 0.25) is 0 Å². The lowest BCUT2D eigenvalue weighted by molar-refractivity contribution is -0.385. The van der Waals surface area contributed by atoms with E-state index in [0.29, 0.717) is 4.47 Å². The van der Waals surface area contributed by atoms with Gasteiger partial charge in [0.05, 0.1) is 14.9 Å². The van der Waals surface area contributed by atoms with Gasteiger partial charge in [-0.1, -0.05) is 0 Å². The Bertz CT molecular complexity index is 519. The van der Waals surface area contributed by atoms with Gasteiger partial charge in [-0.3, -0.25) is 10.1 Å². The predicted molar refractivity (Wildman–Crippen MR) is 57.3 cm³/mol. The van der Waals surface area contributed by atoms with Crippen molar-refractivity contribution in [2.24, 2.45) is 7.05 Å². The van der Waals surface area contributed by atoms with Crippen LogP contribution in [0.4, 0.5) is 5.69 Å². The molecule has 5 heteroatoms. The van der Waals surface area contributed by atoms with Gasteiger partial charge in [-0.05, 0) is 28.1 Å². The monoisotopic (exact) mass is 254 g/mol. The largest absolute Gasteiger partial charge is 0.350 e. The van der Waals surface area contributed by atoms with E-state index in [0.717, 1.165) is 10.9 Å². The number of halogens is 1. The third kappa shape index (κ3) is 1.29. The van der Waals surface area contributed by atoms with Crippen molar-refractivity contribution in [1.29, 1.82) is 0 Å². The van der Waals surface area contributed by atoms with E-state index in [1.807, 2.05) is 23.9 Å². The summed E-state index contributed by atoms with van der Waals surface area (Å²) in [4.78, 5) is 10.3. The molecule has 0 spiro atoms. The van der Waals surface area contributed by atoms with Crippen molar-refractivity contribution in [3.8, 4) is 0 Å². The molecule has 0 unspecified atom stereocenters. The molecule has 2 aromatic rings. The molecule has 0 N–H and O–H groups in total. The number of aryl methyl sites for hydroxylation is 1. The number of aromatic nitrogens is 1. The van der Waals surface area contributed by atoms with Crippen LogP contribution >= 0.6 is 15.9 Å². The topological polar surface area (TPSA) is 48.1 Å². The lowest BCUT2D eigenvalue weighted by Crippen LogP contribution is -1.91. The van der Waals surface area contributed by atoms with Gasteiger partial charge < -0.3 is 4.57 Å². The number of hydrogen-bond donors (Lipinski definition) is 0. The minimum absolute atomic E-state index is 0.0966. The standard InChI is InChI=1S/C9H7BrN2O2/c1-11-3-2-6-4-7(10)9(12(13)14)5-8(6)11/h2-5H,1H3. The van der Waals surface area contributed by atoms with Gasteiger partial charge in [0.25, 0.3) is 5.69 Å². The summed E-state index contributed by atoms with van der Waals surface area (Å²) < 4.78 is 2.37. The fourth-order valence-electron chi connectivity index (χ4n) is 1.42. The second-order valence-electron chi connectivity index (χ2n) is 3.05. The van der Waals surface area contributed by atoms with E-state index in [1.54, 1.807) is 12.1 Å². The first kappa shape index (κ1) is 9.21. The summed E-state index contributed by atoms with van der Waals surface area (Å²) in [6.45, 7) is 0. The Hall–Kier alpha value is -1.36. The van der Waals surface area contributed by atoms with Crippen LogP contribution in [0.25, 0.3) is 10.9 Å². The molecule has 4 nitrogen and oxygen atoms in total. The first-order valence-corrected chi connectivity index (χ1v) is 4.78. The van der Waals surface area contributed by atoms with Crippen molar-refractivity contribution in [3.63, 3.8) is 0 Å². The first-order chi connectivity index (χ1) is 6.59. The molecule has 72 valence electrons. The first-order valence-electron chi connectivity index (χ1n) is 3.98. The van der Waals surface area contributed by atoms with E-state index in [4.69, 9.17) is 0 Å². The summed E-state index contributed by atoms with van der Waals surface area (Å²) >= 11 is 3.18. The van der Waals surface area contributed by atoms with E-state index in [2.05, 4.69) is 15.9 Å². The van der Waals surface area contributed by atoms with Crippen molar-refractivity contribution in [1.82, 2.24) is 4.57 Å². The van der Waals surface area contributed by atoms with Gasteiger partial charge in [0, 0.05) is 24.7 Å². The molecule has 0 aliphatic rings. The number of nitro benzene ring substituents is 1. The number of nitro groups is 1. The Morgan fingerprint density at radius 3 is 2.86 bits per heavy atom. The summed E-state index contributed by atoms with van der Waals surface area (Å²) in [5, 5.41) is 11.7. The predicted octanol–water partition coefficient (Wildman–Crippen LogP) is 2.85. The van der Waals surface area contributed by atoms with Crippen LogP contribution in [0.3, 0.4) is 0 Å². The lowest BCUT2D eigenvalue weighted by atomic mass is 10.2. The molecule has 14 heavy (non-hydrogen) atoms. The van der Waals surface area contributed by atoms with Crippen molar-refractivity contribution >= 4 is 32.5 Å². The van der Waals surface area contributed by atoms with Crippen LogP contribution in [0.1, 0.15) is 0 Å². The third-order valence-corrected chi connectivity index (χ3v) is 2.79. The molecule has 1 aromatic heterocycles. The van der Waals surface area contributed by atoms with Gasteiger partial charge >= 0.3 is 0 Å². The number of hydrogen-bond acceptors (Lipinski definition) is 2. The quantitative estimate of drug-likeness (QED) is 0.581. The van der Waals surface area contributed by atoms with E-state index < -0.39 is 4.92 Å². The van der Waals surface area contributed by atoms with E-state index in [9.17, 15) is 10.1 Å². The molecule has 0 bridgehead atoms. The van der Waals surface area contributed by atoms with Crippen molar-refractivity contribution in [3.05, 3.63) is 39.0 Å². The van der Waals surface area contributed by atoms with Crippen LogP contribution in [0.2, 0.25) is 0 Å². The second kappa shape index (κ2) is 3.09. The number of benzene rings is 1. The summed E-state index contributed by atoms with van der Waals surface area (Å²) in [6, 6.07) is 5.25. The van der Waals surface area contributed by atoms with E-state index >= 15 is 0 Å². The van der Waals surface area contributed by atoms with Crippen molar-refractivity contribution in [2.75, 3.05) is 0 Å². The molecular weight excluding hydrogens is 248 g/mol. The average Bonchev–Trinajstić information content (AvgIpc) is 2.46. The van der Waals surface area contributed by atoms with Crippen LogP contribution in [-0.4, -0.2) is 9.49 Å². The zero-order chi connectivity index (χ0) is 10.3. The Labute approximate surface area is 88.4 Å². The maximum Gasteiger partial charge on any atom is 0.285 e. The molecule has 0 aliphatic heterocycles. The smallest absolute Gasteiger partial charge is 0.285 e. The van der Waals surface area contributed by atoms with Gasteiger partial charge in [0.15, 0.2) is 0 Å². The highest BCUT2D eigenvalue weighted by Gasteiger charge is 2.13. The van der Waals surface area contributed by atoms with Crippen molar-refractivity contribution < 1.29 is 4.92 Å². The Morgan fingerprint density at radius 2 is 2.21 bits per heavy atom. The molecule has 0 fully saturated rings. The zero-order valence-corrected chi connectivity index (χ0v) is 8.98. The van der Waals surface area contributed by atoms with Crippen LogP contribution in [-0.2, 0) is 7.05 Å². The SMILES string of the molecule is Cn1ccc2cc(Br)c([N+](=O)[O-])cc21. The average molecular weight is 255 g/mol. The molecule has 0 amide bonds. The second-order valence-corrected chi connectivity index (χ2v) is 3.90. The van der Waals surface area contributed by atoms with Crippen LogP contribution in [0, 0.1) is 10.1 Å². The Morgan fingerprint density at radius 1 is 1.50 bits per heavy atom. The summed E-state index contributed by atoms with van der Waals surface area (Å²) in [6.07, 6.45) is 1.88. The minimum Gasteiger partial charge on any atom is -0.350 e. The maximum absolute atomic E-state index is 10.7. The molecule has 0 radical (unpaired) electrons. The number of nitrogens with zero attached hydrogens (tertiary/aromatic N) is 2. The fourth-order valence-corrected chi connectivity index (χ4v) is 1.92. The molecule has 0 atom stereocenters. The van der Waals surface area contributed by atoms with Gasteiger partial charge in [-0.2, -0.15) is 0 Å². The third-order valence-electron chi connectivity index (χ3n) is 2.15. The number of fused-ring (bicyclic) bond motifs is 1. The highest BCUT2D eigenvalue weighted by Crippen LogP contribution is 2.30. The van der Waals surface area contributed by atoms with Crippen molar-refractivity contribution in [2.45, 2.75) is 0 Å². The lowest BCUT2D eigenvalue weighted by Gasteiger charge is -1.98. The van der Waals surface area contributed by atoms with Gasteiger partial charge in [0.1, 0.15) is 0 Å². The fraction of sp³-hybridized carbons (Fsp3) is 0.111. The molecule has 1 aromatic carbocycles. The highest BCUT2D eigenvalue weighted by molar-refractivity contribution is 9.10. The molecular formula is C9H7BrN2O2. The molecule has 0 saturated carbocycles. The highest BCUT2D eigenvalue weighted by atomic mass is 79.9. The summed E-state index contributed by atoms with van der Waals surface area (Å²) in [5.41, 5.74) is 0.958. The van der Waals surface area contributed by atoms with Gasteiger partial charge in [-0.15, -0.1) is 0 Å². The van der Waals surface area contributed by atoms with Crippen LogP contribution < -0.4 is 0 Å². The molecule has 0 aliphatic carbocycles. The van der Waals surface area contributed by atoms with Crippen LogP contribution in [0.5, 0.6) is 0 Å². The molecule has 1 heterocycles. The Balaban J connectivity index is 2.80. The van der Waals surface area contributed by atoms with E-state index in [1.165, 1.54) is 0 Å². The maximum atomic E-state index is 10.7. The number of rotatable bonds is 1. The summed E-state index contributed by atoms with van der Waals surface area (Å²) in [5.74, 6) is 0. The van der Waals surface area contributed by atoms with Gasteiger partial charge in [-0.25, -0.2) is 0 Å².